The second-order valence-corrected chi connectivity index (χ2v) is 5.75. The van der Waals surface area contributed by atoms with Gasteiger partial charge in [-0.05, 0) is 6.08 Å². The van der Waals surface area contributed by atoms with Crippen LogP contribution in [-0.4, -0.2) is 42.3 Å². The number of hydrogen-bond acceptors (Lipinski definition) is 7. The van der Waals surface area contributed by atoms with Crippen molar-refractivity contribution in [1.82, 2.24) is 19.5 Å². The van der Waals surface area contributed by atoms with Crippen LogP contribution in [0.2, 0.25) is 0 Å². The third-order valence-corrected chi connectivity index (χ3v) is 3.09. The predicted octanol–water partition coefficient (Wildman–Crippen LogP) is -0.215. The number of fused-ring (bicyclic) bond motifs is 1. The molecule has 0 amide bonds. The number of nitrogen functional groups attached to an aromatic ring is 2. The summed E-state index contributed by atoms with van der Waals surface area (Å²) >= 11 is 0. The van der Waals surface area contributed by atoms with Crippen molar-refractivity contribution in [2.45, 2.75) is 6.54 Å². The third kappa shape index (κ3) is 3.56. The Labute approximate surface area is 119 Å². The van der Waals surface area contributed by atoms with Gasteiger partial charge in [-0.15, -0.1) is 0 Å². The molecule has 0 saturated heterocycles. The number of ether oxygens (including phenoxy) is 1. The van der Waals surface area contributed by atoms with Crippen molar-refractivity contribution in [3.8, 4) is 0 Å². The fourth-order valence-electron chi connectivity index (χ4n) is 1.77. The Morgan fingerprint density at radius 3 is 2.67 bits per heavy atom. The van der Waals surface area contributed by atoms with E-state index in [1.807, 2.05) is 0 Å². The third-order valence-electron chi connectivity index (χ3n) is 2.57. The highest BCUT2D eigenvalue weighted by atomic mass is 31.2. The molecular weight excluding hydrogens is 299 g/mol. The predicted molar refractivity (Wildman–Crippen MR) is 77.1 cm³/mol. The summed E-state index contributed by atoms with van der Waals surface area (Å²) in [7, 11) is -4.19. The van der Waals surface area contributed by atoms with Crippen LogP contribution >= 0.6 is 7.60 Å². The standard InChI is InChI=1S/C10H15N6O4P/c1-2-6-13-7-8(11)14-10(12)15-9(7)16(6)3-4-20-5-21(17,18)19/h2H,1,3-5H2,(H2,17,18,19)(H4,11,12,14,15). The number of anilines is 2. The highest BCUT2D eigenvalue weighted by Gasteiger charge is 2.16. The molecule has 0 saturated carbocycles. The summed E-state index contributed by atoms with van der Waals surface area (Å²) in [5, 5.41) is 0. The average molecular weight is 314 g/mol. The van der Waals surface area contributed by atoms with Gasteiger partial charge in [-0.25, -0.2) is 4.98 Å². The molecule has 6 N–H and O–H groups in total. The number of nitrogens with zero attached hydrogens (tertiary/aromatic N) is 4. The molecule has 2 aromatic rings. The number of hydrogen-bond donors (Lipinski definition) is 4. The molecule has 10 nitrogen and oxygen atoms in total. The number of imidazole rings is 1. The zero-order valence-corrected chi connectivity index (χ0v) is 11.9. The minimum Gasteiger partial charge on any atom is -0.382 e. The van der Waals surface area contributed by atoms with Crippen molar-refractivity contribution >= 4 is 36.6 Å². The van der Waals surface area contributed by atoms with Crippen LogP contribution in [0.1, 0.15) is 5.82 Å². The van der Waals surface area contributed by atoms with Crippen LogP contribution in [0.3, 0.4) is 0 Å². The molecule has 0 aliphatic rings. The van der Waals surface area contributed by atoms with E-state index in [0.717, 1.165) is 0 Å². The Morgan fingerprint density at radius 2 is 2.05 bits per heavy atom. The van der Waals surface area contributed by atoms with E-state index >= 15 is 0 Å². The van der Waals surface area contributed by atoms with Gasteiger partial charge < -0.3 is 30.6 Å². The maximum Gasteiger partial charge on any atom is 0.350 e. The van der Waals surface area contributed by atoms with Gasteiger partial charge in [0.15, 0.2) is 17.0 Å². The number of rotatable bonds is 6. The van der Waals surface area contributed by atoms with E-state index in [1.54, 1.807) is 4.57 Å². The Hall–Kier alpha value is -2.00. The SMILES string of the molecule is C=Cc1nc2c(N)nc(N)nc2n1CCOCP(=O)(O)O. The van der Waals surface area contributed by atoms with Crippen molar-refractivity contribution in [1.29, 1.82) is 0 Å². The Morgan fingerprint density at radius 1 is 1.33 bits per heavy atom. The molecule has 0 aliphatic carbocycles. The maximum atomic E-state index is 10.7. The van der Waals surface area contributed by atoms with Gasteiger partial charge in [0, 0.05) is 6.54 Å². The van der Waals surface area contributed by atoms with E-state index in [2.05, 4.69) is 21.5 Å². The van der Waals surface area contributed by atoms with Gasteiger partial charge in [0.25, 0.3) is 0 Å². The fourth-order valence-corrected chi connectivity index (χ4v) is 2.14. The molecule has 2 aromatic heterocycles. The first-order chi connectivity index (χ1) is 9.81. The summed E-state index contributed by atoms with van der Waals surface area (Å²) in [6, 6.07) is 0. The number of nitrogens with two attached hydrogens (primary N) is 2. The minimum absolute atomic E-state index is 0.00731. The largest absolute Gasteiger partial charge is 0.382 e. The maximum absolute atomic E-state index is 10.7. The van der Waals surface area contributed by atoms with E-state index < -0.39 is 13.9 Å². The molecule has 2 rings (SSSR count). The summed E-state index contributed by atoms with van der Waals surface area (Å²) in [6.07, 6.45) is 0.850. The lowest BCUT2D eigenvalue weighted by Gasteiger charge is -2.08. The normalized spacial score (nSPS) is 11.9. The van der Waals surface area contributed by atoms with Gasteiger partial charge in [0.05, 0.1) is 6.61 Å². The molecule has 11 heteroatoms. The lowest BCUT2D eigenvalue weighted by molar-refractivity contribution is 0.149. The summed E-state index contributed by atoms with van der Waals surface area (Å²) in [5.41, 5.74) is 12.1. The Kier molecular flexibility index (Phi) is 4.24. The van der Waals surface area contributed by atoms with Crippen molar-refractivity contribution in [2.24, 2.45) is 0 Å². The molecule has 0 bridgehead atoms. The molecule has 2 heterocycles. The van der Waals surface area contributed by atoms with Crippen LogP contribution in [0.4, 0.5) is 11.8 Å². The molecule has 114 valence electrons. The summed E-state index contributed by atoms with van der Waals surface area (Å²) < 4.78 is 17.3. The van der Waals surface area contributed by atoms with Crippen molar-refractivity contribution in [3.05, 3.63) is 12.4 Å². The van der Waals surface area contributed by atoms with Crippen LogP contribution < -0.4 is 11.5 Å². The van der Waals surface area contributed by atoms with E-state index in [0.29, 0.717) is 17.0 Å². The van der Waals surface area contributed by atoms with E-state index in [9.17, 15) is 4.57 Å². The van der Waals surface area contributed by atoms with Gasteiger partial charge in [-0.3, -0.25) is 4.57 Å². The quantitative estimate of drug-likeness (QED) is 0.417. The van der Waals surface area contributed by atoms with Crippen LogP contribution in [-0.2, 0) is 15.8 Å². The van der Waals surface area contributed by atoms with Gasteiger partial charge in [0.1, 0.15) is 12.2 Å². The first kappa shape index (κ1) is 15.4. The van der Waals surface area contributed by atoms with Crippen LogP contribution in [0.5, 0.6) is 0 Å². The molecule has 0 unspecified atom stereocenters. The molecule has 0 aromatic carbocycles. The molecule has 0 atom stereocenters. The van der Waals surface area contributed by atoms with Gasteiger partial charge in [0.2, 0.25) is 5.95 Å². The van der Waals surface area contributed by atoms with Crippen molar-refractivity contribution in [2.75, 3.05) is 24.4 Å². The van der Waals surface area contributed by atoms with Gasteiger partial charge in [-0.2, -0.15) is 9.97 Å². The average Bonchev–Trinajstić information content (AvgIpc) is 2.72. The smallest absolute Gasteiger partial charge is 0.350 e. The minimum atomic E-state index is -4.19. The zero-order valence-electron chi connectivity index (χ0n) is 11.0. The second-order valence-electron chi connectivity index (χ2n) is 4.17. The molecule has 0 radical (unpaired) electrons. The lowest BCUT2D eigenvalue weighted by Crippen LogP contribution is -2.10. The van der Waals surface area contributed by atoms with E-state index in [4.69, 9.17) is 26.0 Å². The van der Waals surface area contributed by atoms with E-state index in [-0.39, 0.29) is 24.9 Å². The van der Waals surface area contributed by atoms with Crippen LogP contribution in [0, 0.1) is 0 Å². The molecular formula is C10H15N6O4P. The summed E-state index contributed by atoms with van der Waals surface area (Å²) in [5.74, 6) is 0.639. The van der Waals surface area contributed by atoms with Crippen molar-refractivity contribution < 1.29 is 19.1 Å². The van der Waals surface area contributed by atoms with Crippen LogP contribution in [0.15, 0.2) is 6.58 Å². The fraction of sp³-hybridized carbons (Fsp3) is 0.300. The molecule has 21 heavy (non-hydrogen) atoms. The lowest BCUT2D eigenvalue weighted by atomic mass is 10.5. The first-order valence-electron chi connectivity index (χ1n) is 5.86. The van der Waals surface area contributed by atoms with E-state index in [1.165, 1.54) is 6.08 Å². The summed E-state index contributed by atoms with van der Waals surface area (Å²) in [6.45, 7) is 3.95. The van der Waals surface area contributed by atoms with Gasteiger partial charge >= 0.3 is 7.60 Å². The highest BCUT2D eigenvalue weighted by molar-refractivity contribution is 7.51. The topological polar surface area (TPSA) is 162 Å². The molecule has 0 spiro atoms. The Bertz CT molecular complexity index is 724. The van der Waals surface area contributed by atoms with Gasteiger partial charge in [-0.1, -0.05) is 6.58 Å². The number of aromatic nitrogens is 4. The monoisotopic (exact) mass is 314 g/mol. The van der Waals surface area contributed by atoms with Crippen molar-refractivity contribution in [3.63, 3.8) is 0 Å². The molecule has 0 fully saturated rings. The summed E-state index contributed by atoms with van der Waals surface area (Å²) in [4.78, 5) is 29.5. The zero-order chi connectivity index (χ0) is 15.6. The first-order valence-corrected chi connectivity index (χ1v) is 7.65. The molecule has 0 aliphatic heterocycles. The Balaban J connectivity index is 2.25. The van der Waals surface area contributed by atoms with Crippen LogP contribution in [0.25, 0.3) is 17.2 Å². The highest BCUT2D eigenvalue weighted by Crippen LogP contribution is 2.33. The second kappa shape index (κ2) is 5.78.